The van der Waals surface area contributed by atoms with Crippen molar-refractivity contribution in [3.8, 4) is 0 Å². The Labute approximate surface area is 96.3 Å². The summed E-state index contributed by atoms with van der Waals surface area (Å²) in [6.07, 6.45) is 3.90. The SMILES string of the molecule is CN1CCCC1CNCCc1ccsc1. The Morgan fingerprint density at radius 1 is 1.60 bits per heavy atom. The normalized spacial score (nSPS) is 22.3. The maximum Gasteiger partial charge on any atom is 0.0218 e. The van der Waals surface area contributed by atoms with Crippen LogP contribution in [0.2, 0.25) is 0 Å². The number of rotatable bonds is 5. The Morgan fingerprint density at radius 2 is 2.53 bits per heavy atom. The second-order valence-corrected chi connectivity index (χ2v) is 5.14. The smallest absolute Gasteiger partial charge is 0.0218 e. The van der Waals surface area contributed by atoms with E-state index in [1.165, 1.54) is 31.4 Å². The van der Waals surface area contributed by atoms with E-state index in [9.17, 15) is 0 Å². The summed E-state index contributed by atoms with van der Waals surface area (Å²) in [5.74, 6) is 0. The molecule has 0 spiro atoms. The predicted molar refractivity (Wildman–Crippen MR) is 66.5 cm³/mol. The van der Waals surface area contributed by atoms with Crippen molar-refractivity contribution in [1.82, 2.24) is 10.2 Å². The number of thiophene rings is 1. The zero-order valence-electron chi connectivity index (χ0n) is 9.41. The molecule has 1 aromatic heterocycles. The van der Waals surface area contributed by atoms with E-state index in [0.29, 0.717) is 0 Å². The Kier molecular flexibility index (Phi) is 4.18. The maximum absolute atomic E-state index is 3.56. The Bertz CT molecular complexity index is 271. The van der Waals surface area contributed by atoms with Crippen LogP contribution in [0.5, 0.6) is 0 Å². The second-order valence-electron chi connectivity index (χ2n) is 4.36. The Morgan fingerprint density at radius 3 is 3.20 bits per heavy atom. The van der Waals surface area contributed by atoms with Gasteiger partial charge in [-0.05, 0) is 61.8 Å². The van der Waals surface area contributed by atoms with Gasteiger partial charge in [-0.15, -0.1) is 0 Å². The maximum atomic E-state index is 3.56. The molecule has 1 aliphatic rings. The molecule has 0 aromatic carbocycles. The average Bonchev–Trinajstić information content (AvgIpc) is 2.85. The van der Waals surface area contributed by atoms with Crippen molar-refractivity contribution >= 4 is 11.3 Å². The number of hydrogen-bond acceptors (Lipinski definition) is 3. The van der Waals surface area contributed by atoms with Crippen LogP contribution in [0.4, 0.5) is 0 Å². The van der Waals surface area contributed by atoms with Crippen LogP contribution in [0.25, 0.3) is 0 Å². The molecule has 0 bridgehead atoms. The number of likely N-dealkylation sites (N-methyl/N-ethyl adjacent to an activating group) is 1. The summed E-state index contributed by atoms with van der Waals surface area (Å²) in [4.78, 5) is 2.47. The highest BCUT2D eigenvalue weighted by Crippen LogP contribution is 2.13. The summed E-state index contributed by atoms with van der Waals surface area (Å²) >= 11 is 1.79. The summed E-state index contributed by atoms with van der Waals surface area (Å²) in [6.45, 7) is 3.54. The van der Waals surface area contributed by atoms with E-state index in [0.717, 1.165) is 19.1 Å². The van der Waals surface area contributed by atoms with Crippen molar-refractivity contribution < 1.29 is 0 Å². The summed E-state index contributed by atoms with van der Waals surface area (Å²) in [5, 5.41) is 7.95. The van der Waals surface area contributed by atoms with Gasteiger partial charge in [-0.2, -0.15) is 11.3 Å². The van der Waals surface area contributed by atoms with E-state index < -0.39 is 0 Å². The van der Waals surface area contributed by atoms with E-state index >= 15 is 0 Å². The van der Waals surface area contributed by atoms with Crippen LogP contribution in [0.3, 0.4) is 0 Å². The van der Waals surface area contributed by atoms with Crippen molar-refractivity contribution in [3.05, 3.63) is 22.4 Å². The monoisotopic (exact) mass is 224 g/mol. The largest absolute Gasteiger partial charge is 0.315 e. The van der Waals surface area contributed by atoms with Crippen LogP contribution in [0, 0.1) is 0 Å². The molecule has 3 heteroatoms. The number of hydrogen-bond donors (Lipinski definition) is 1. The van der Waals surface area contributed by atoms with Crippen molar-refractivity contribution in [2.24, 2.45) is 0 Å². The van der Waals surface area contributed by atoms with Gasteiger partial charge in [0.25, 0.3) is 0 Å². The summed E-state index contributed by atoms with van der Waals surface area (Å²) in [7, 11) is 2.23. The van der Waals surface area contributed by atoms with Crippen LogP contribution in [0.1, 0.15) is 18.4 Å². The fraction of sp³-hybridized carbons (Fsp3) is 0.667. The first kappa shape index (κ1) is 11.1. The van der Waals surface area contributed by atoms with Crippen LogP contribution >= 0.6 is 11.3 Å². The highest BCUT2D eigenvalue weighted by atomic mass is 32.1. The molecule has 1 atom stereocenters. The van der Waals surface area contributed by atoms with Gasteiger partial charge in [0.2, 0.25) is 0 Å². The molecule has 0 aliphatic carbocycles. The number of likely N-dealkylation sites (tertiary alicyclic amines) is 1. The van der Waals surface area contributed by atoms with E-state index in [2.05, 4.69) is 34.1 Å². The molecule has 15 heavy (non-hydrogen) atoms. The predicted octanol–water partition coefficient (Wildman–Crippen LogP) is 1.97. The minimum Gasteiger partial charge on any atom is -0.315 e. The summed E-state index contributed by atoms with van der Waals surface area (Å²) in [6, 6.07) is 2.99. The molecule has 2 rings (SSSR count). The molecule has 1 unspecified atom stereocenters. The van der Waals surface area contributed by atoms with Gasteiger partial charge in [-0.25, -0.2) is 0 Å². The van der Waals surface area contributed by atoms with E-state index in [1.807, 2.05) is 0 Å². The van der Waals surface area contributed by atoms with Crippen molar-refractivity contribution in [3.63, 3.8) is 0 Å². The second kappa shape index (κ2) is 5.64. The average molecular weight is 224 g/mol. The molecule has 0 amide bonds. The standard InChI is InChI=1S/C12H20N2S/c1-14-7-2-3-12(14)9-13-6-4-11-5-8-15-10-11/h5,8,10,12-13H,2-4,6-7,9H2,1H3. The van der Waals surface area contributed by atoms with Gasteiger partial charge < -0.3 is 10.2 Å². The molecular weight excluding hydrogens is 204 g/mol. The molecule has 1 aromatic rings. The molecule has 0 radical (unpaired) electrons. The number of nitrogens with zero attached hydrogens (tertiary/aromatic N) is 1. The van der Waals surface area contributed by atoms with Gasteiger partial charge in [0, 0.05) is 12.6 Å². The van der Waals surface area contributed by atoms with Crippen LogP contribution in [-0.2, 0) is 6.42 Å². The lowest BCUT2D eigenvalue weighted by Crippen LogP contribution is -2.36. The molecule has 2 nitrogen and oxygen atoms in total. The van der Waals surface area contributed by atoms with E-state index in [1.54, 1.807) is 11.3 Å². The third-order valence-electron chi connectivity index (χ3n) is 3.22. The first-order valence-electron chi connectivity index (χ1n) is 5.78. The minimum absolute atomic E-state index is 0.771. The fourth-order valence-corrected chi connectivity index (χ4v) is 2.88. The minimum atomic E-state index is 0.771. The first-order valence-corrected chi connectivity index (χ1v) is 6.72. The number of nitrogens with one attached hydrogen (secondary N) is 1. The molecule has 1 fully saturated rings. The molecule has 84 valence electrons. The molecule has 2 heterocycles. The lowest BCUT2D eigenvalue weighted by Gasteiger charge is -2.19. The fourth-order valence-electron chi connectivity index (χ4n) is 2.17. The van der Waals surface area contributed by atoms with Crippen molar-refractivity contribution in [1.29, 1.82) is 0 Å². The molecule has 0 saturated carbocycles. The summed E-state index contributed by atoms with van der Waals surface area (Å²) in [5.41, 5.74) is 1.47. The topological polar surface area (TPSA) is 15.3 Å². The molecule has 1 aliphatic heterocycles. The van der Waals surface area contributed by atoms with Gasteiger partial charge in [-0.1, -0.05) is 0 Å². The van der Waals surface area contributed by atoms with Gasteiger partial charge in [0.05, 0.1) is 0 Å². The van der Waals surface area contributed by atoms with Crippen molar-refractivity contribution in [2.45, 2.75) is 25.3 Å². The summed E-state index contributed by atoms with van der Waals surface area (Å²) < 4.78 is 0. The van der Waals surface area contributed by atoms with E-state index in [4.69, 9.17) is 0 Å². The van der Waals surface area contributed by atoms with Crippen LogP contribution in [-0.4, -0.2) is 37.6 Å². The third kappa shape index (κ3) is 3.30. The van der Waals surface area contributed by atoms with Crippen LogP contribution < -0.4 is 5.32 Å². The highest BCUT2D eigenvalue weighted by Gasteiger charge is 2.19. The Hall–Kier alpha value is -0.380. The highest BCUT2D eigenvalue weighted by molar-refractivity contribution is 7.07. The van der Waals surface area contributed by atoms with Gasteiger partial charge >= 0.3 is 0 Å². The molecular formula is C12H20N2S. The quantitative estimate of drug-likeness (QED) is 0.769. The third-order valence-corrected chi connectivity index (χ3v) is 3.95. The van der Waals surface area contributed by atoms with Gasteiger partial charge in [0.15, 0.2) is 0 Å². The zero-order valence-corrected chi connectivity index (χ0v) is 10.2. The van der Waals surface area contributed by atoms with Gasteiger partial charge in [-0.3, -0.25) is 0 Å². The van der Waals surface area contributed by atoms with Crippen molar-refractivity contribution in [2.75, 3.05) is 26.7 Å². The van der Waals surface area contributed by atoms with E-state index in [-0.39, 0.29) is 0 Å². The van der Waals surface area contributed by atoms with Crippen LogP contribution in [0.15, 0.2) is 16.8 Å². The lowest BCUT2D eigenvalue weighted by atomic mass is 10.2. The molecule has 1 N–H and O–H groups in total. The Balaban J connectivity index is 1.59. The first-order chi connectivity index (χ1) is 7.36. The molecule has 1 saturated heterocycles. The van der Waals surface area contributed by atoms with Gasteiger partial charge in [0.1, 0.15) is 0 Å². The lowest BCUT2D eigenvalue weighted by molar-refractivity contribution is 0.301. The zero-order chi connectivity index (χ0) is 10.5.